The Hall–Kier alpha value is -3.26. The lowest BCUT2D eigenvalue weighted by atomic mass is 9.95. The van der Waals surface area contributed by atoms with E-state index in [1.165, 1.54) is 12.5 Å². The molecule has 1 aromatic heterocycles. The molecule has 8 heteroatoms. The lowest BCUT2D eigenvalue weighted by molar-refractivity contribution is 0.0447. The summed E-state index contributed by atoms with van der Waals surface area (Å²) in [6, 6.07) is 7.11. The minimum absolute atomic E-state index is 0.186. The summed E-state index contributed by atoms with van der Waals surface area (Å²) < 4.78 is 0. The van der Waals surface area contributed by atoms with Crippen molar-refractivity contribution in [3.63, 3.8) is 0 Å². The fourth-order valence-corrected chi connectivity index (χ4v) is 3.53. The Bertz CT molecular complexity index is 952. The van der Waals surface area contributed by atoms with Crippen LogP contribution in [0.3, 0.4) is 0 Å². The minimum atomic E-state index is -0.752. The third-order valence-electron chi connectivity index (χ3n) is 5.02. The second kappa shape index (κ2) is 8.40. The Morgan fingerprint density at radius 1 is 1.34 bits per heavy atom. The van der Waals surface area contributed by atoms with Crippen molar-refractivity contribution in [2.24, 2.45) is 0 Å². The predicted octanol–water partition coefficient (Wildman–Crippen LogP) is 2.04. The molecular formula is C21H27N7O. The molecule has 8 nitrogen and oxygen atoms in total. The number of anilines is 2. The highest BCUT2D eigenvalue weighted by atomic mass is 16.3. The lowest BCUT2D eigenvalue weighted by Crippen LogP contribution is -2.46. The molecule has 2 aromatic rings. The third-order valence-corrected chi connectivity index (χ3v) is 5.02. The molecule has 1 atom stereocenters. The van der Waals surface area contributed by atoms with E-state index < -0.39 is 5.60 Å². The largest absolute Gasteiger partial charge is 0.398 e. The van der Waals surface area contributed by atoms with Crippen LogP contribution in [0.15, 0.2) is 36.8 Å². The molecule has 152 valence electrons. The smallest absolute Gasteiger partial charge is 0.132 e. The number of nitrogens with zero attached hydrogens (tertiary/aromatic N) is 3. The van der Waals surface area contributed by atoms with Crippen molar-refractivity contribution in [3.8, 4) is 0 Å². The number of rotatable bonds is 6. The van der Waals surface area contributed by atoms with Gasteiger partial charge in [0.25, 0.3) is 0 Å². The molecule has 0 radical (unpaired) electrons. The Morgan fingerprint density at radius 2 is 2.14 bits per heavy atom. The summed E-state index contributed by atoms with van der Waals surface area (Å²) >= 11 is 0. The van der Waals surface area contributed by atoms with Crippen LogP contribution in [-0.4, -0.2) is 52.7 Å². The van der Waals surface area contributed by atoms with Crippen molar-refractivity contribution in [1.82, 2.24) is 15.3 Å². The Balaban J connectivity index is 1.93. The standard InChI is InChI=1S/C21H27N7O/c1-21(29)6-3-7-28(12-21)19-9-18(26-13-27-19)20(24)16-8-14(4-5-17(16)23)15(10-22)11-25-2/h4-5,8-11,13,22,24-25,29H,3,6-7,12,23H2,1-2H3/b15-11+,22-10?,24-20?. The third kappa shape index (κ3) is 4.60. The molecule has 1 fully saturated rings. The van der Waals surface area contributed by atoms with Crippen LogP contribution in [0.1, 0.15) is 36.6 Å². The number of benzene rings is 1. The van der Waals surface area contributed by atoms with E-state index in [0.29, 0.717) is 34.9 Å². The van der Waals surface area contributed by atoms with Gasteiger partial charge in [-0.05, 0) is 37.5 Å². The van der Waals surface area contributed by atoms with Gasteiger partial charge in [0.05, 0.1) is 17.0 Å². The molecule has 1 aliphatic heterocycles. The first-order valence-electron chi connectivity index (χ1n) is 9.51. The summed E-state index contributed by atoms with van der Waals surface area (Å²) in [4.78, 5) is 10.6. The summed E-state index contributed by atoms with van der Waals surface area (Å²) in [6.45, 7) is 3.12. The van der Waals surface area contributed by atoms with E-state index >= 15 is 0 Å². The molecule has 1 aromatic carbocycles. The number of allylic oxidation sites excluding steroid dienone is 1. The van der Waals surface area contributed by atoms with Crippen molar-refractivity contribution in [1.29, 1.82) is 10.8 Å². The molecule has 0 spiro atoms. The Kier molecular flexibility index (Phi) is 5.93. The number of hydrogen-bond donors (Lipinski definition) is 5. The van der Waals surface area contributed by atoms with Gasteiger partial charge in [0.15, 0.2) is 0 Å². The minimum Gasteiger partial charge on any atom is -0.398 e. The number of nitrogens with one attached hydrogen (secondary N) is 3. The monoisotopic (exact) mass is 393 g/mol. The van der Waals surface area contributed by atoms with Crippen LogP contribution in [0.5, 0.6) is 0 Å². The lowest BCUT2D eigenvalue weighted by Gasteiger charge is -2.37. The first-order chi connectivity index (χ1) is 13.8. The summed E-state index contributed by atoms with van der Waals surface area (Å²) in [7, 11) is 1.77. The normalized spacial score (nSPS) is 19.7. The van der Waals surface area contributed by atoms with Crippen molar-refractivity contribution in [3.05, 3.63) is 53.6 Å². The van der Waals surface area contributed by atoms with Crippen LogP contribution < -0.4 is 16.0 Å². The van der Waals surface area contributed by atoms with E-state index in [1.807, 2.05) is 17.9 Å². The highest BCUT2D eigenvalue weighted by Gasteiger charge is 2.29. The number of aromatic nitrogens is 2. The van der Waals surface area contributed by atoms with Gasteiger partial charge in [-0.25, -0.2) is 9.97 Å². The second-order valence-corrected chi connectivity index (χ2v) is 7.49. The predicted molar refractivity (Wildman–Crippen MR) is 117 cm³/mol. The fourth-order valence-electron chi connectivity index (χ4n) is 3.53. The molecule has 0 saturated carbocycles. The van der Waals surface area contributed by atoms with Crippen molar-refractivity contribution in [2.45, 2.75) is 25.4 Å². The number of piperidine rings is 1. The number of nitrogens with two attached hydrogens (primary N) is 1. The zero-order chi connectivity index (χ0) is 21.0. The molecule has 3 rings (SSSR count). The van der Waals surface area contributed by atoms with Crippen LogP contribution in [0.4, 0.5) is 11.5 Å². The molecule has 1 unspecified atom stereocenters. The molecule has 1 aliphatic rings. The van der Waals surface area contributed by atoms with E-state index in [-0.39, 0.29) is 5.71 Å². The number of aliphatic hydroxyl groups is 1. The first kappa shape index (κ1) is 20.5. The van der Waals surface area contributed by atoms with E-state index in [2.05, 4.69) is 15.3 Å². The maximum atomic E-state index is 10.4. The van der Waals surface area contributed by atoms with Crippen LogP contribution >= 0.6 is 0 Å². The van der Waals surface area contributed by atoms with Crippen molar-refractivity contribution in [2.75, 3.05) is 30.8 Å². The van der Waals surface area contributed by atoms with Gasteiger partial charge in [0.2, 0.25) is 0 Å². The van der Waals surface area contributed by atoms with Gasteiger partial charge in [0, 0.05) is 55.4 Å². The van der Waals surface area contributed by atoms with Crippen LogP contribution in [-0.2, 0) is 0 Å². The topological polar surface area (TPSA) is 135 Å². The number of hydrogen-bond acceptors (Lipinski definition) is 8. The summed E-state index contributed by atoms with van der Waals surface area (Å²) in [5, 5.41) is 29.6. The van der Waals surface area contributed by atoms with E-state index in [4.69, 9.17) is 16.6 Å². The van der Waals surface area contributed by atoms with Gasteiger partial charge in [-0.3, -0.25) is 5.41 Å². The summed E-state index contributed by atoms with van der Waals surface area (Å²) in [5.41, 5.74) is 8.50. The highest BCUT2D eigenvalue weighted by Crippen LogP contribution is 2.26. The summed E-state index contributed by atoms with van der Waals surface area (Å²) in [5.74, 6) is 0.685. The molecule has 1 saturated heterocycles. The second-order valence-electron chi connectivity index (χ2n) is 7.49. The van der Waals surface area contributed by atoms with Gasteiger partial charge in [-0.2, -0.15) is 0 Å². The Morgan fingerprint density at radius 3 is 2.83 bits per heavy atom. The number of β-amino-alcohol motifs (C(OH)–C–C–N with tert-alkyl or cyclic N) is 1. The zero-order valence-electron chi connectivity index (χ0n) is 16.7. The summed E-state index contributed by atoms with van der Waals surface area (Å²) in [6.07, 6.45) is 6.04. The van der Waals surface area contributed by atoms with Gasteiger partial charge < -0.3 is 26.5 Å². The molecule has 0 amide bonds. The maximum absolute atomic E-state index is 10.4. The SMILES string of the molecule is CN/C=C(\C=N)c1ccc(N)c(C(=N)c2cc(N3CCCC(C)(O)C3)ncn2)c1. The van der Waals surface area contributed by atoms with E-state index in [9.17, 15) is 5.11 Å². The van der Waals surface area contributed by atoms with Crippen LogP contribution in [0.25, 0.3) is 5.57 Å². The van der Waals surface area contributed by atoms with Crippen molar-refractivity contribution >= 4 is 29.0 Å². The zero-order valence-corrected chi connectivity index (χ0v) is 16.7. The quantitative estimate of drug-likeness (QED) is 0.376. The molecular weight excluding hydrogens is 366 g/mol. The van der Waals surface area contributed by atoms with Gasteiger partial charge in [-0.1, -0.05) is 6.07 Å². The molecule has 6 N–H and O–H groups in total. The molecule has 2 heterocycles. The van der Waals surface area contributed by atoms with Gasteiger partial charge in [-0.15, -0.1) is 0 Å². The molecule has 0 aliphatic carbocycles. The number of nitrogen functional groups attached to an aromatic ring is 1. The van der Waals surface area contributed by atoms with Crippen molar-refractivity contribution < 1.29 is 5.11 Å². The van der Waals surface area contributed by atoms with E-state index in [0.717, 1.165) is 24.9 Å². The fraction of sp³-hybridized carbons (Fsp3) is 0.333. The molecule has 0 bridgehead atoms. The van der Waals surface area contributed by atoms with Crippen LogP contribution in [0.2, 0.25) is 0 Å². The van der Waals surface area contributed by atoms with Gasteiger partial charge in [0.1, 0.15) is 12.1 Å². The highest BCUT2D eigenvalue weighted by molar-refractivity contribution is 6.15. The maximum Gasteiger partial charge on any atom is 0.132 e. The molecule has 29 heavy (non-hydrogen) atoms. The van der Waals surface area contributed by atoms with Gasteiger partial charge >= 0.3 is 0 Å². The Labute approximate surface area is 170 Å². The first-order valence-corrected chi connectivity index (χ1v) is 9.51. The average molecular weight is 393 g/mol. The average Bonchev–Trinajstić information content (AvgIpc) is 2.71. The van der Waals surface area contributed by atoms with Crippen LogP contribution in [0, 0.1) is 10.8 Å². The van der Waals surface area contributed by atoms with E-state index in [1.54, 1.807) is 31.4 Å².